The van der Waals surface area contributed by atoms with Gasteiger partial charge in [0.15, 0.2) is 11.0 Å². The van der Waals surface area contributed by atoms with Gasteiger partial charge in [0, 0.05) is 11.3 Å². The molecule has 0 spiro atoms. The highest BCUT2D eigenvalue weighted by Gasteiger charge is 2.20. The van der Waals surface area contributed by atoms with E-state index in [1.807, 2.05) is 80.8 Å². The maximum absolute atomic E-state index is 12.2. The fourth-order valence-corrected chi connectivity index (χ4v) is 3.46. The van der Waals surface area contributed by atoms with Crippen molar-refractivity contribution in [2.24, 2.45) is 0 Å². The van der Waals surface area contributed by atoms with Crippen LogP contribution in [0.15, 0.2) is 53.7 Å². The van der Waals surface area contributed by atoms with E-state index in [0.717, 1.165) is 22.6 Å². The van der Waals surface area contributed by atoms with Gasteiger partial charge in [-0.05, 0) is 52.0 Å². The Hall–Kier alpha value is -2.80. The summed E-state index contributed by atoms with van der Waals surface area (Å²) < 4.78 is 12.7. The second-order valence-electron chi connectivity index (χ2n) is 7.58. The molecule has 0 atom stereocenters. The summed E-state index contributed by atoms with van der Waals surface area (Å²) in [7, 11) is 1.63. The van der Waals surface area contributed by atoms with Crippen LogP contribution in [0.25, 0.3) is 17.1 Å². The molecule has 152 valence electrons. The van der Waals surface area contributed by atoms with Crippen LogP contribution in [-0.4, -0.2) is 39.2 Å². The van der Waals surface area contributed by atoms with Gasteiger partial charge in [0.1, 0.15) is 11.4 Å². The van der Waals surface area contributed by atoms with Crippen molar-refractivity contribution in [1.29, 1.82) is 0 Å². The SMILES string of the molecule is COc1cccc(-c2nnc(SCC(=O)OC(C)(C)C)n2-c2ccc(C)cc2)c1. The van der Waals surface area contributed by atoms with E-state index in [1.165, 1.54) is 11.8 Å². The van der Waals surface area contributed by atoms with Crippen molar-refractivity contribution in [3.05, 3.63) is 54.1 Å². The Bertz CT molecular complexity index is 991. The van der Waals surface area contributed by atoms with Gasteiger partial charge >= 0.3 is 5.97 Å². The van der Waals surface area contributed by atoms with E-state index in [4.69, 9.17) is 9.47 Å². The minimum absolute atomic E-state index is 0.152. The second-order valence-corrected chi connectivity index (χ2v) is 8.53. The van der Waals surface area contributed by atoms with Crippen molar-refractivity contribution < 1.29 is 14.3 Å². The van der Waals surface area contributed by atoms with Crippen LogP contribution >= 0.6 is 11.8 Å². The maximum atomic E-state index is 12.2. The number of carbonyl (C=O) groups excluding carboxylic acids is 1. The zero-order valence-corrected chi connectivity index (χ0v) is 18.1. The third-order valence-electron chi connectivity index (χ3n) is 3.99. The number of ether oxygens (including phenoxy) is 2. The van der Waals surface area contributed by atoms with Gasteiger partial charge in [0.25, 0.3) is 0 Å². The number of aromatic nitrogens is 3. The molecule has 0 bridgehead atoms. The molecule has 1 heterocycles. The topological polar surface area (TPSA) is 66.2 Å². The van der Waals surface area contributed by atoms with Crippen molar-refractivity contribution in [3.8, 4) is 22.8 Å². The van der Waals surface area contributed by atoms with E-state index in [1.54, 1.807) is 7.11 Å². The van der Waals surface area contributed by atoms with Crippen LogP contribution in [0.5, 0.6) is 5.75 Å². The normalized spacial score (nSPS) is 11.3. The monoisotopic (exact) mass is 411 g/mol. The van der Waals surface area contributed by atoms with E-state index in [-0.39, 0.29) is 11.7 Å². The van der Waals surface area contributed by atoms with Gasteiger partial charge in [-0.15, -0.1) is 10.2 Å². The van der Waals surface area contributed by atoms with Crippen molar-refractivity contribution >= 4 is 17.7 Å². The van der Waals surface area contributed by atoms with Crippen LogP contribution in [0.1, 0.15) is 26.3 Å². The molecule has 0 N–H and O–H groups in total. The summed E-state index contributed by atoms with van der Waals surface area (Å²) in [5, 5.41) is 9.36. The van der Waals surface area contributed by atoms with Crippen LogP contribution in [0.2, 0.25) is 0 Å². The molecule has 29 heavy (non-hydrogen) atoms. The Labute approximate surface area is 175 Å². The fourth-order valence-electron chi connectivity index (χ4n) is 2.73. The third kappa shape index (κ3) is 5.38. The number of hydrogen-bond donors (Lipinski definition) is 0. The van der Waals surface area contributed by atoms with Crippen molar-refractivity contribution in [3.63, 3.8) is 0 Å². The number of nitrogens with zero attached hydrogens (tertiary/aromatic N) is 3. The zero-order chi connectivity index (χ0) is 21.0. The Morgan fingerprint density at radius 1 is 1.10 bits per heavy atom. The summed E-state index contributed by atoms with van der Waals surface area (Å²) in [6, 6.07) is 15.8. The summed E-state index contributed by atoms with van der Waals surface area (Å²) in [5.41, 5.74) is 2.44. The first kappa shape index (κ1) is 20.9. The number of aryl methyl sites for hydroxylation is 1. The molecule has 0 saturated heterocycles. The summed E-state index contributed by atoms with van der Waals surface area (Å²) >= 11 is 1.30. The van der Waals surface area contributed by atoms with Crippen LogP contribution in [0.4, 0.5) is 0 Å². The van der Waals surface area contributed by atoms with Crippen LogP contribution in [0, 0.1) is 6.92 Å². The summed E-state index contributed by atoms with van der Waals surface area (Å²) in [6.45, 7) is 7.60. The Balaban J connectivity index is 1.97. The molecule has 0 aliphatic rings. The Morgan fingerprint density at radius 3 is 2.48 bits per heavy atom. The van der Waals surface area contributed by atoms with Gasteiger partial charge < -0.3 is 9.47 Å². The highest BCUT2D eigenvalue weighted by molar-refractivity contribution is 7.99. The molecular weight excluding hydrogens is 386 g/mol. The lowest BCUT2D eigenvalue weighted by Gasteiger charge is -2.19. The molecule has 0 amide bonds. The van der Waals surface area contributed by atoms with Gasteiger partial charge in [-0.2, -0.15) is 0 Å². The third-order valence-corrected chi connectivity index (χ3v) is 4.90. The van der Waals surface area contributed by atoms with Crippen LogP contribution in [0.3, 0.4) is 0 Å². The van der Waals surface area contributed by atoms with E-state index in [2.05, 4.69) is 10.2 Å². The molecule has 3 rings (SSSR count). The number of rotatable bonds is 6. The largest absolute Gasteiger partial charge is 0.497 e. The van der Waals surface area contributed by atoms with Gasteiger partial charge in [-0.25, -0.2) is 0 Å². The molecule has 0 aliphatic carbocycles. The van der Waals surface area contributed by atoms with Gasteiger partial charge in [0.05, 0.1) is 12.9 Å². The molecule has 3 aromatic rings. The standard InChI is InChI=1S/C22H25N3O3S/c1-15-9-11-17(12-10-15)25-20(16-7-6-8-18(13-16)27-5)23-24-21(25)29-14-19(26)28-22(2,3)4/h6-13H,14H2,1-5H3. The Kier molecular flexibility index (Phi) is 6.27. The molecule has 6 nitrogen and oxygen atoms in total. The van der Waals surface area contributed by atoms with E-state index in [0.29, 0.717) is 11.0 Å². The molecule has 0 aliphatic heterocycles. The minimum atomic E-state index is -0.520. The molecule has 0 fully saturated rings. The Morgan fingerprint density at radius 2 is 1.83 bits per heavy atom. The highest BCUT2D eigenvalue weighted by Crippen LogP contribution is 2.30. The second kappa shape index (κ2) is 8.69. The fraction of sp³-hybridized carbons (Fsp3) is 0.318. The lowest BCUT2D eigenvalue weighted by atomic mass is 10.2. The minimum Gasteiger partial charge on any atom is -0.497 e. The zero-order valence-electron chi connectivity index (χ0n) is 17.3. The van der Waals surface area contributed by atoms with Gasteiger partial charge in [-0.1, -0.05) is 41.6 Å². The van der Waals surface area contributed by atoms with Gasteiger partial charge in [-0.3, -0.25) is 9.36 Å². The lowest BCUT2D eigenvalue weighted by molar-refractivity contribution is -0.151. The molecule has 7 heteroatoms. The van der Waals surface area contributed by atoms with Gasteiger partial charge in [0.2, 0.25) is 0 Å². The summed E-state index contributed by atoms with van der Waals surface area (Å²) in [4.78, 5) is 12.2. The average Bonchev–Trinajstić information content (AvgIpc) is 3.09. The van der Waals surface area contributed by atoms with Crippen molar-refractivity contribution in [2.45, 2.75) is 38.5 Å². The molecular formula is C22H25N3O3S. The number of methoxy groups -OCH3 is 1. The number of esters is 1. The number of benzene rings is 2. The van der Waals surface area contributed by atoms with Crippen LogP contribution < -0.4 is 4.74 Å². The quantitative estimate of drug-likeness (QED) is 0.433. The molecule has 0 saturated carbocycles. The van der Waals surface area contributed by atoms with Crippen molar-refractivity contribution in [1.82, 2.24) is 14.8 Å². The number of hydrogen-bond acceptors (Lipinski definition) is 6. The molecule has 0 radical (unpaired) electrons. The van der Waals surface area contributed by atoms with E-state index < -0.39 is 5.60 Å². The number of carbonyl (C=O) groups is 1. The highest BCUT2D eigenvalue weighted by atomic mass is 32.2. The maximum Gasteiger partial charge on any atom is 0.316 e. The predicted molar refractivity (Wildman–Crippen MR) is 115 cm³/mol. The summed E-state index contributed by atoms with van der Waals surface area (Å²) in [5.74, 6) is 1.28. The first-order valence-corrected chi connectivity index (χ1v) is 10.3. The lowest BCUT2D eigenvalue weighted by Crippen LogP contribution is -2.25. The van der Waals surface area contributed by atoms with E-state index in [9.17, 15) is 4.79 Å². The van der Waals surface area contributed by atoms with E-state index >= 15 is 0 Å². The van der Waals surface area contributed by atoms with Crippen LogP contribution in [-0.2, 0) is 9.53 Å². The molecule has 0 unspecified atom stereocenters. The number of thioether (sulfide) groups is 1. The predicted octanol–water partition coefficient (Wildman–Crippen LogP) is 4.69. The van der Waals surface area contributed by atoms with Crippen molar-refractivity contribution in [2.75, 3.05) is 12.9 Å². The smallest absolute Gasteiger partial charge is 0.316 e. The summed E-state index contributed by atoms with van der Waals surface area (Å²) in [6.07, 6.45) is 0. The molecule has 1 aromatic heterocycles. The first-order chi connectivity index (χ1) is 13.8. The first-order valence-electron chi connectivity index (χ1n) is 9.28. The molecule has 2 aromatic carbocycles. The average molecular weight is 412 g/mol.